The van der Waals surface area contributed by atoms with Crippen LogP contribution in [0.4, 0.5) is 0 Å². The number of rotatable bonds is 7. The van der Waals surface area contributed by atoms with Crippen LogP contribution in [0, 0.1) is 11.8 Å². The standard InChI is InChI=1S/C28H36I2O/c1-8-10-14-24-19(6)20(7)26(29-24)16-23-27-22(13-11-15-25(27)30-28(23)31)21(12-9-2)18(5)17(3)4/h9,11-13,16,22,25,27H,2,8,10,14-15H2,1,3-7H3/q-2/b21-12+,23-16-. The summed E-state index contributed by atoms with van der Waals surface area (Å²) in [6.45, 7) is 17.4. The van der Waals surface area contributed by atoms with Gasteiger partial charge in [0.05, 0.1) is 0 Å². The Morgan fingerprint density at radius 1 is 1.23 bits per heavy atom. The summed E-state index contributed by atoms with van der Waals surface area (Å²) in [6, 6.07) is 0. The van der Waals surface area contributed by atoms with Crippen molar-refractivity contribution < 1.29 is 47.2 Å². The van der Waals surface area contributed by atoms with E-state index in [2.05, 4.69) is 72.4 Å². The molecule has 170 valence electrons. The molecule has 3 atom stereocenters. The summed E-state index contributed by atoms with van der Waals surface area (Å²) in [4.78, 5) is 13.3. The Hall–Kier alpha value is -0.690. The Bertz CT molecular complexity index is 947. The van der Waals surface area contributed by atoms with Crippen LogP contribution in [0.2, 0.25) is 0 Å². The van der Waals surface area contributed by atoms with Crippen LogP contribution in [0.5, 0.6) is 0 Å². The first-order chi connectivity index (χ1) is 14.8. The molecule has 1 saturated heterocycles. The monoisotopic (exact) mass is 642 g/mol. The zero-order valence-corrected chi connectivity index (χ0v) is 24.1. The molecule has 1 fully saturated rings. The van der Waals surface area contributed by atoms with Gasteiger partial charge in [-0.2, -0.15) is 0 Å². The molecule has 2 heterocycles. The fraction of sp³-hybridized carbons (Fsp3) is 0.464. The van der Waals surface area contributed by atoms with Crippen LogP contribution in [0.1, 0.15) is 67.2 Å². The second-order valence-corrected chi connectivity index (χ2v) is 15.1. The average molecular weight is 642 g/mol. The number of carbonyl (C=O) groups excluding carboxylic acids is 1. The van der Waals surface area contributed by atoms with E-state index in [4.69, 9.17) is 0 Å². The number of halogens is 2. The van der Waals surface area contributed by atoms with Crippen LogP contribution in [0.25, 0.3) is 0 Å². The number of carbonyl (C=O) groups is 1. The predicted molar refractivity (Wildman–Crippen MR) is 125 cm³/mol. The van der Waals surface area contributed by atoms with Gasteiger partial charge in [-0.05, 0) is 0 Å². The Kier molecular flexibility index (Phi) is 8.81. The summed E-state index contributed by atoms with van der Waals surface area (Å²) < 4.78 is 4.21. The third-order valence-electron chi connectivity index (χ3n) is 6.72. The normalized spacial score (nSPS) is 27.9. The summed E-state index contributed by atoms with van der Waals surface area (Å²) in [5.74, 6) is 0.633. The first-order valence-electron chi connectivity index (χ1n) is 11.4. The Balaban J connectivity index is 1.99. The van der Waals surface area contributed by atoms with Gasteiger partial charge in [0.1, 0.15) is 0 Å². The molecule has 3 unspecified atom stereocenters. The number of hydrogen-bond acceptors (Lipinski definition) is 1. The second-order valence-electron chi connectivity index (χ2n) is 8.90. The van der Waals surface area contributed by atoms with Crippen molar-refractivity contribution in [1.82, 2.24) is 0 Å². The van der Waals surface area contributed by atoms with E-state index in [1.54, 1.807) is 3.58 Å². The minimum absolute atomic E-state index is 0.122. The van der Waals surface area contributed by atoms with Crippen molar-refractivity contribution in [2.75, 3.05) is 0 Å². The van der Waals surface area contributed by atoms with Gasteiger partial charge < -0.3 is 0 Å². The molecule has 3 aliphatic rings. The zero-order valence-electron chi connectivity index (χ0n) is 19.8. The Labute approximate surface area is 210 Å². The molecule has 0 aromatic carbocycles. The third-order valence-corrected chi connectivity index (χ3v) is 13.7. The summed E-state index contributed by atoms with van der Waals surface area (Å²) in [5, 5.41) is 0. The minimum atomic E-state index is -0.441. The van der Waals surface area contributed by atoms with Crippen LogP contribution < -0.4 is 42.4 Å². The fourth-order valence-electron chi connectivity index (χ4n) is 4.51. The summed E-state index contributed by atoms with van der Waals surface area (Å²) in [7, 11) is 0. The van der Waals surface area contributed by atoms with Gasteiger partial charge in [-0.15, -0.1) is 0 Å². The van der Waals surface area contributed by atoms with E-state index < -0.39 is 21.2 Å². The molecule has 0 aromatic rings. The summed E-state index contributed by atoms with van der Waals surface area (Å²) >= 11 is -0.563. The molecule has 0 bridgehead atoms. The quantitative estimate of drug-likeness (QED) is 0.103. The Morgan fingerprint density at radius 2 is 1.97 bits per heavy atom. The molecular weight excluding hydrogens is 606 g/mol. The number of unbranched alkanes of at least 4 members (excludes halogenated alkanes) is 1. The Morgan fingerprint density at radius 3 is 2.61 bits per heavy atom. The number of allylic oxidation sites excluding steroid dienone is 13. The number of alkyl halides is 1. The van der Waals surface area contributed by atoms with Gasteiger partial charge >= 0.3 is 212 Å². The van der Waals surface area contributed by atoms with Crippen molar-refractivity contribution in [1.29, 1.82) is 0 Å². The fourth-order valence-corrected chi connectivity index (χ4v) is 11.3. The first kappa shape index (κ1) is 24.9. The van der Waals surface area contributed by atoms with Gasteiger partial charge in [-0.3, -0.25) is 0 Å². The first-order valence-corrected chi connectivity index (χ1v) is 15.9. The van der Waals surface area contributed by atoms with Gasteiger partial charge in [0.25, 0.3) is 0 Å². The average Bonchev–Trinajstić information content (AvgIpc) is 3.20. The maximum absolute atomic E-state index is 13.3. The predicted octanol–water partition coefficient (Wildman–Crippen LogP) is 1.41. The summed E-state index contributed by atoms with van der Waals surface area (Å²) in [5.41, 5.74) is 8.13. The summed E-state index contributed by atoms with van der Waals surface area (Å²) in [6.07, 6.45) is 16.0. The molecule has 31 heavy (non-hydrogen) atoms. The van der Waals surface area contributed by atoms with Gasteiger partial charge in [-0.25, -0.2) is 0 Å². The van der Waals surface area contributed by atoms with Crippen molar-refractivity contribution in [3.63, 3.8) is 0 Å². The van der Waals surface area contributed by atoms with Crippen molar-refractivity contribution >= 4 is 3.79 Å². The number of hydrogen-bond donors (Lipinski definition) is 0. The van der Waals surface area contributed by atoms with Crippen LogP contribution >= 0.6 is 0 Å². The maximum atomic E-state index is 13.3. The molecule has 0 N–H and O–H groups in total. The van der Waals surface area contributed by atoms with E-state index in [9.17, 15) is 4.79 Å². The molecule has 3 heteroatoms. The van der Waals surface area contributed by atoms with Crippen molar-refractivity contribution in [3.8, 4) is 0 Å². The molecule has 2 aliphatic heterocycles. The molecule has 0 aromatic heterocycles. The molecule has 0 radical (unpaired) electrons. The number of fused-ring (bicyclic) bond motifs is 1. The zero-order chi connectivity index (χ0) is 22.7. The van der Waals surface area contributed by atoms with E-state index in [0.29, 0.717) is 13.6 Å². The van der Waals surface area contributed by atoms with Crippen molar-refractivity contribution in [2.45, 2.75) is 71.2 Å². The van der Waals surface area contributed by atoms with Gasteiger partial charge in [-0.1, -0.05) is 0 Å². The van der Waals surface area contributed by atoms with Gasteiger partial charge in [0.15, 0.2) is 0 Å². The molecular formula is C28H36I2O-2. The van der Waals surface area contributed by atoms with Crippen LogP contribution in [0.15, 0.2) is 77.6 Å². The van der Waals surface area contributed by atoms with E-state index in [1.165, 1.54) is 50.7 Å². The molecule has 0 saturated carbocycles. The molecule has 1 nitrogen and oxygen atoms in total. The van der Waals surface area contributed by atoms with Crippen LogP contribution in [0.3, 0.4) is 0 Å². The van der Waals surface area contributed by atoms with Crippen LogP contribution in [-0.2, 0) is 4.79 Å². The molecule has 3 rings (SSSR count). The van der Waals surface area contributed by atoms with E-state index in [1.807, 2.05) is 6.08 Å². The van der Waals surface area contributed by atoms with Crippen LogP contribution in [-0.4, -0.2) is 7.71 Å². The topological polar surface area (TPSA) is 17.1 Å². The van der Waals surface area contributed by atoms with Gasteiger partial charge in [0, 0.05) is 0 Å². The second kappa shape index (κ2) is 11.0. The van der Waals surface area contributed by atoms with E-state index >= 15 is 0 Å². The van der Waals surface area contributed by atoms with Gasteiger partial charge in [0.2, 0.25) is 0 Å². The van der Waals surface area contributed by atoms with E-state index in [0.717, 1.165) is 12.0 Å². The van der Waals surface area contributed by atoms with Crippen molar-refractivity contribution in [3.05, 3.63) is 77.6 Å². The SMILES string of the molecule is C=C/C=C(\C(C)=C(C)C)C1C=CCC2[I-]C(=O)/C(=C\C3=C(C)C(C)=C(CCCC)[I-]3)C21. The van der Waals surface area contributed by atoms with Crippen molar-refractivity contribution in [2.24, 2.45) is 11.8 Å². The molecule has 0 amide bonds. The molecule has 0 spiro atoms. The third kappa shape index (κ3) is 5.29. The van der Waals surface area contributed by atoms with E-state index in [-0.39, 0.29) is 27.1 Å². The molecule has 1 aliphatic carbocycles.